The zero-order valence-electron chi connectivity index (χ0n) is 11.1. The van der Waals surface area contributed by atoms with E-state index >= 15 is 0 Å². The van der Waals surface area contributed by atoms with Crippen molar-refractivity contribution in [2.45, 2.75) is 32.2 Å². The van der Waals surface area contributed by atoms with Crippen LogP contribution in [0.1, 0.15) is 37.8 Å². The lowest BCUT2D eigenvalue weighted by Crippen LogP contribution is -2.23. The minimum atomic E-state index is 0.278. The smallest absolute Gasteiger partial charge is 0.0905 e. The Balaban J connectivity index is 2.41. The van der Waals surface area contributed by atoms with Gasteiger partial charge in [0.15, 0.2) is 0 Å². The molecule has 0 amide bonds. The van der Waals surface area contributed by atoms with Crippen molar-refractivity contribution < 1.29 is 0 Å². The summed E-state index contributed by atoms with van der Waals surface area (Å²) < 4.78 is 0. The van der Waals surface area contributed by atoms with E-state index in [1.165, 1.54) is 5.56 Å². The number of rotatable bonds is 7. The number of hydrogen-bond acceptors (Lipinski definition) is 2. The van der Waals surface area contributed by atoms with E-state index in [4.69, 9.17) is 22.7 Å². The lowest BCUT2D eigenvalue weighted by atomic mass is 10.1. The molecule has 100 valence electrons. The fraction of sp³-hybridized carbons (Fsp3) is 0.500. The van der Waals surface area contributed by atoms with Crippen molar-refractivity contribution in [2.75, 3.05) is 13.6 Å². The second kappa shape index (κ2) is 7.39. The van der Waals surface area contributed by atoms with E-state index in [0.717, 1.165) is 24.4 Å². The third kappa shape index (κ3) is 5.07. The highest BCUT2D eigenvalue weighted by Crippen LogP contribution is 2.22. The van der Waals surface area contributed by atoms with E-state index in [1.807, 2.05) is 18.2 Å². The summed E-state index contributed by atoms with van der Waals surface area (Å²) in [5.41, 5.74) is 6.56. The third-order valence-corrected chi connectivity index (χ3v) is 3.43. The van der Waals surface area contributed by atoms with Gasteiger partial charge >= 0.3 is 0 Å². The van der Waals surface area contributed by atoms with Crippen molar-refractivity contribution in [3.63, 3.8) is 0 Å². The van der Waals surface area contributed by atoms with Crippen molar-refractivity contribution >= 4 is 17.4 Å². The van der Waals surface area contributed by atoms with Crippen molar-refractivity contribution in [3.05, 3.63) is 34.9 Å². The Morgan fingerprint density at radius 3 is 2.78 bits per heavy atom. The normalized spacial score (nSPS) is 12.7. The molecule has 0 spiro atoms. The topological polar surface area (TPSA) is 53.1 Å². The maximum absolute atomic E-state index is 7.17. The molecule has 0 fully saturated rings. The van der Waals surface area contributed by atoms with Gasteiger partial charge in [-0.25, -0.2) is 0 Å². The lowest BCUT2D eigenvalue weighted by molar-refractivity contribution is 0.257. The van der Waals surface area contributed by atoms with Crippen molar-refractivity contribution in [1.29, 1.82) is 5.41 Å². The van der Waals surface area contributed by atoms with Gasteiger partial charge in [-0.2, -0.15) is 0 Å². The number of nitrogens with two attached hydrogens (primary N) is 1. The molecular formula is C14H22ClN3. The summed E-state index contributed by atoms with van der Waals surface area (Å²) in [5, 5.41) is 7.95. The maximum Gasteiger partial charge on any atom is 0.0905 e. The van der Waals surface area contributed by atoms with E-state index < -0.39 is 0 Å². The summed E-state index contributed by atoms with van der Waals surface area (Å²) in [6, 6.07) is 8.34. The molecule has 0 aliphatic heterocycles. The second-order valence-corrected chi connectivity index (χ2v) is 5.13. The Labute approximate surface area is 114 Å². The molecule has 0 aliphatic carbocycles. The minimum absolute atomic E-state index is 0.278. The molecule has 0 saturated carbocycles. The molecule has 3 N–H and O–H groups in total. The molecule has 0 aromatic heterocycles. The van der Waals surface area contributed by atoms with Gasteiger partial charge in [0.05, 0.1) is 5.84 Å². The van der Waals surface area contributed by atoms with Gasteiger partial charge in [0, 0.05) is 17.5 Å². The number of benzene rings is 1. The molecule has 1 rings (SSSR count). The highest BCUT2D eigenvalue weighted by atomic mass is 35.5. The lowest BCUT2D eigenvalue weighted by Gasteiger charge is -2.25. The fourth-order valence-electron chi connectivity index (χ4n) is 1.89. The molecule has 1 aromatic carbocycles. The molecule has 1 aromatic rings. The number of hydrogen-bond donors (Lipinski definition) is 2. The molecule has 1 unspecified atom stereocenters. The molecule has 4 heteroatoms. The molecule has 18 heavy (non-hydrogen) atoms. The van der Waals surface area contributed by atoms with Crippen LogP contribution < -0.4 is 5.73 Å². The maximum atomic E-state index is 7.17. The van der Waals surface area contributed by atoms with Crippen LogP contribution in [0.3, 0.4) is 0 Å². The Morgan fingerprint density at radius 2 is 2.17 bits per heavy atom. The number of amidine groups is 1. The van der Waals surface area contributed by atoms with E-state index in [9.17, 15) is 0 Å². The summed E-state index contributed by atoms with van der Waals surface area (Å²) >= 11 is 6.00. The summed E-state index contributed by atoms with van der Waals surface area (Å²) in [6.45, 7) is 3.18. The van der Waals surface area contributed by atoms with Crippen molar-refractivity contribution in [2.24, 2.45) is 5.73 Å². The largest absolute Gasteiger partial charge is 0.388 e. The molecule has 0 heterocycles. The highest BCUT2D eigenvalue weighted by Gasteiger charge is 2.11. The van der Waals surface area contributed by atoms with E-state index in [0.29, 0.717) is 12.5 Å². The van der Waals surface area contributed by atoms with Gasteiger partial charge in [-0.15, -0.1) is 0 Å². The van der Waals surface area contributed by atoms with Crippen LogP contribution in [-0.4, -0.2) is 24.3 Å². The molecule has 0 aliphatic rings. The first-order chi connectivity index (χ1) is 8.50. The average Bonchev–Trinajstić information content (AvgIpc) is 2.33. The monoisotopic (exact) mass is 267 g/mol. The summed E-state index contributed by atoms with van der Waals surface area (Å²) in [7, 11) is 2.11. The van der Waals surface area contributed by atoms with Crippen LogP contribution in [0.2, 0.25) is 5.02 Å². The Hall–Kier alpha value is -1.06. The van der Waals surface area contributed by atoms with E-state index in [2.05, 4.69) is 24.9 Å². The standard InChI is InChI=1S/C14H22ClN3/c1-11(12-6-5-7-13(15)10-12)18(2)9-4-3-8-14(16)17/h5-7,10-11H,3-4,8-9H2,1-2H3,(H3,16,17). The highest BCUT2D eigenvalue weighted by molar-refractivity contribution is 6.30. The zero-order chi connectivity index (χ0) is 13.5. The van der Waals surface area contributed by atoms with Crippen LogP contribution in [0.15, 0.2) is 24.3 Å². The van der Waals surface area contributed by atoms with Gasteiger partial charge < -0.3 is 5.73 Å². The Kier molecular flexibility index (Phi) is 6.16. The Bertz CT molecular complexity index is 392. The second-order valence-electron chi connectivity index (χ2n) is 4.69. The number of halogens is 1. The fourth-order valence-corrected chi connectivity index (χ4v) is 2.09. The SMILES string of the molecule is CC(c1cccc(Cl)c1)N(C)CCCCC(=N)N. The Morgan fingerprint density at radius 1 is 1.44 bits per heavy atom. The average molecular weight is 268 g/mol. The van der Waals surface area contributed by atoms with E-state index in [1.54, 1.807) is 0 Å². The van der Waals surface area contributed by atoms with Gasteiger partial charge in [0.2, 0.25) is 0 Å². The third-order valence-electron chi connectivity index (χ3n) is 3.20. The van der Waals surface area contributed by atoms with Crippen molar-refractivity contribution in [1.82, 2.24) is 4.90 Å². The molecule has 0 radical (unpaired) electrons. The van der Waals surface area contributed by atoms with Crippen molar-refractivity contribution in [3.8, 4) is 0 Å². The summed E-state index contributed by atoms with van der Waals surface area (Å²) in [4.78, 5) is 2.30. The van der Waals surface area contributed by atoms with Gasteiger partial charge in [-0.1, -0.05) is 23.7 Å². The molecule has 1 atom stereocenters. The number of unbranched alkanes of at least 4 members (excludes halogenated alkanes) is 1. The predicted molar refractivity (Wildman–Crippen MR) is 78.3 cm³/mol. The molecule has 0 bridgehead atoms. The van der Waals surface area contributed by atoms with Crippen LogP contribution in [0, 0.1) is 5.41 Å². The summed E-state index contributed by atoms with van der Waals surface area (Å²) in [6.07, 6.45) is 2.72. The molecule has 0 saturated heterocycles. The zero-order valence-corrected chi connectivity index (χ0v) is 11.9. The van der Waals surface area contributed by atoms with Gasteiger partial charge in [-0.05, 0) is 51.1 Å². The van der Waals surface area contributed by atoms with Crippen LogP contribution in [0.25, 0.3) is 0 Å². The number of nitrogens with one attached hydrogen (secondary N) is 1. The quantitative estimate of drug-likeness (QED) is 0.452. The van der Waals surface area contributed by atoms with Gasteiger partial charge in [0.25, 0.3) is 0 Å². The predicted octanol–water partition coefficient (Wildman–Crippen LogP) is 3.44. The van der Waals surface area contributed by atoms with Crippen LogP contribution in [0.4, 0.5) is 0 Å². The van der Waals surface area contributed by atoms with Gasteiger partial charge in [0.1, 0.15) is 0 Å². The van der Waals surface area contributed by atoms with Crippen LogP contribution >= 0.6 is 11.6 Å². The molecule has 3 nitrogen and oxygen atoms in total. The summed E-state index contributed by atoms with van der Waals surface area (Å²) in [5.74, 6) is 0.278. The van der Waals surface area contributed by atoms with Gasteiger partial charge in [-0.3, -0.25) is 10.3 Å². The first kappa shape index (κ1) is 15.0. The first-order valence-corrected chi connectivity index (χ1v) is 6.67. The molecular weight excluding hydrogens is 246 g/mol. The van der Waals surface area contributed by atoms with Crippen LogP contribution in [-0.2, 0) is 0 Å². The minimum Gasteiger partial charge on any atom is -0.388 e. The number of nitrogens with zero attached hydrogens (tertiary/aromatic N) is 1. The van der Waals surface area contributed by atoms with E-state index in [-0.39, 0.29) is 5.84 Å². The first-order valence-electron chi connectivity index (χ1n) is 6.29. The van der Waals surface area contributed by atoms with Crippen LogP contribution in [0.5, 0.6) is 0 Å².